The smallest absolute Gasteiger partial charge is 0.204 e. The molecule has 0 bridgehead atoms. The van der Waals surface area contributed by atoms with Gasteiger partial charge < -0.3 is 4.74 Å². The van der Waals surface area contributed by atoms with Crippen LogP contribution >= 0.6 is 0 Å². The lowest BCUT2D eigenvalue weighted by molar-refractivity contribution is 0.370. The minimum absolute atomic E-state index is 0.336. The van der Waals surface area contributed by atoms with Crippen LogP contribution < -0.4 is 4.74 Å². The van der Waals surface area contributed by atoms with Gasteiger partial charge in [-0.3, -0.25) is 0 Å². The Labute approximate surface area is 94.1 Å². The molecule has 16 heavy (non-hydrogen) atoms. The third-order valence-corrected chi connectivity index (χ3v) is 1.82. The van der Waals surface area contributed by atoms with E-state index in [4.69, 9.17) is 4.74 Å². The molecule has 2 aromatic rings. The molecule has 2 rings (SSSR count). The number of hydrogen-bond donors (Lipinski definition) is 0. The van der Waals surface area contributed by atoms with Crippen molar-refractivity contribution in [3.8, 4) is 17.6 Å². The minimum atomic E-state index is 0.336. The van der Waals surface area contributed by atoms with Gasteiger partial charge in [-0.25, -0.2) is 9.97 Å². The predicted octanol–water partition coefficient (Wildman–Crippen LogP) is 1.91. The minimum Gasteiger partial charge on any atom is -0.481 e. The molecule has 3 nitrogen and oxygen atoms in total. The summed E-state index contributed by atoms with van der Waals surface area (Å²) in [5.74, 6) is 6.99. The van der Waals surface area contributed by atoms with E-state index in [9.17, 15) is 0 Å². The van der Waals surface area contributed by atoms with Gasteiger partial charge in [-0.1, -0.05) is 24.1 Å². The number of rotatable bonds is 2. The number of aromatic nitrogens is 2. The van der Waals surface area contributed by atoms with E-state index < -0.39 is 0 Å². The zero-order chi connectivity index (χ0) is 11.1. The van der Waals surface area contributed by atoms with Crippen LogP contribution in [0.15, 0.2) is 48.8 Å². The van der Waals surface area contributed by atoms with Crippen LogP contribution in [0.2, 0.25) is 0 Å². The summed E-state index contributed by atoms with van der Waals surface area (Å²) < 4.78 is 5.40. The van der Waals surface area contributed by atoms with E-state index in [0.29, 0.717) is 12.4 Å². The Morgan fingerprint density at radius 2 is 1.75 bits per heavy atom. The van der Waals surface area contributed by atoms with Gasteiger partial charge >= 0.3 is 0 Å². The lowest BCUT2D eigenvalue weighted by Crippen LogP contribution is -1.94. The third-order valence-electron chi connectivity index (χ3n) is 1.82. The molecule has 1 aromatic carbocycles. The maximum absolute atomic E-state index is 5.40. The number of nitrogens with zero attached hydrogens (tertiary/aromatic N) is 2. The van der Waals surface area contributed by atoms with E-state index in [2.05, 4.69) is 21.8 Å². The molecule has 0 atom stereocenters. The van der Waals surface area contributed by atoms with Crippen molar-refractivity contribution >= 4 is 0 Å². The average molecular weight is 210 g/mol. The number of ether oxygens (including phenoxy) is 1. The summed E-state index contributed by atoms with van der Waals surface area (Å²) in [6, 6.07) is 11.3. The molecule has 0 aliphatic rings. The quantitative estimate of drug-likeness (QED) is 0.710. The molecule has 0 N–H and O–H groups in total. The first-order valence-corrected chi connectivity index (χ1v) is 4.89. The standard InChI is InChI=1S/C13H10N2O/c1-2-6-12(7-3-1)16-11-4-8-13-14-9-5-10-15-13/h1-3,5-7,9-10H,11H2. The highest BCUT2D eigenvalue weighted by Gasteiger charge is 1.88. The summed E-state index contributed by atoms with van der Waals surface area (Å²) in [5, 5.41) is 0. The molecule has 0 saturated carbocycles. The van der Waals surface area contributed by atoms with E-state index >= 15 is 0 Å². The van der Waals surface area contributed by atoms with Crippen LogP contribution in [0.4, 0.5) is 0 Å². The van der Waals surface area contributed by atoms with Crippen molar-refractivity contribution in [1.29, 1.82) is 0 Å². The van der Waals surface area contributed by atoms with Crippen molar-refractivity contribution in [1.82, 2.24) is 9.97 Å². The Morgan fingerprint density at radius 1 is 1.00 bits per heavy atom. The largest absolute Gasteiger partial charge is 0.481 e. The van der Waals surface area contributed by atoms with E-state index in [1.807, 2.05) is 30.3 Å². The van der Waals surface area contributed by atoms with Gasteiger partial charge in [0.05, 0.1) is 0 Å². The van der Waals surface area contributed by atoms with E-state index in [1.54, 1.807) is 18.5 Å². The van der Waals surface area contributed by atoms with Crippen molar-refractivity contribution in [2.45, 2.75) is 0 Å². The maximum Gasteiger partial charge on any atom is 0.204 e. The molecule has 0 radical (unpaired) electrons. The Hall–Kier alpha value is -2.34. The fourth-order valence-corrected chi connectivity index (χ4v) is 1.11. The second-order valence-electron chi connectivity index (χ2n) is 2.98. The molecular formula is C13H10N2O. The Kier molecular flexibility index (Phi) is 3.51. The van der Waals surface area contributed by atoms with Crippen LogP contribution in [0, 0.1) is 11.8 Å². The first-order valence-electron chi connectivity index (χ1n) is 4.89. The van der Waals surface area contributed by atoms with Crippen molar-refractivity contribution in [2.75, 3.05) is 6.61 Å². The summed E-state index contributed by atoms with van der Waals surface area (Å²) in [4.78, 5) is 7.97. The fourth-order valence-electron chi connectivity index (χ4n) is 1.11. The van der Waals surface area contributed by atoms with Gasteiger partial charge in [0.2, 0.25) is 5.82 Å². The van der Waals surface area contributed by atoms with E-state index in [1.165, 1.54) is 0 Å². The lowest BCUT2D eigenvalue weighted by atomic mass is 10.3. The molecule has 0 aliphatic heterocycles. The zero-order valence-electron chi connectivity index (χ0n) is 8.63. The van der Waals surface area contributed by atoms with Crippen LogP contribution in [0.1, 0.15) is 5.82 Å². The summed E-state index contributed by atoms with van der Waals surface area (Å²) >= 11 is 0. The van der Waals surface area contributed by atoms with Crippen LogP contribution in [-0.2, 0) is 0 Å². The molecule has 0 amide bonds. The molecule has 0 spiro atoms. The Balaban J connectivity index is 1.87. The van der Waals surface area contributed by atoms with Crippen LogP contribution in [0.5, 0.6) is 5.75 Å². The zero-order valence-corrected chi connectivity index (χ0v) is 8.63. The second-order valence-corrected chi connectivity index (χ2v) is 2.98. The third kappa shape index (κ3) is 3.10. The fraction of sp³-hybridized carbons (Fsp3) is 0.0769. The number of hydrogen-bond acceptors (Lipinski definition) is 3. The first kappa shape index (κ1) is 10.2. The van der Waals surface area contributed by atoms with Crippen molar-refractivity contribution in [2.24, 2.45) is 0 Å². The molecule has 1 aromatic heterocycles. The number of benzene rings is 1. The Bertz CT molecular complexity index is 486. The second kappa shape index (κ2) is 5.52. The molecule has 0 unspecified atom stereocenters. The normalized spacial score (nSPS) is 9.00. The molecule has 78 valence electrons. The Morgan fingerprint density at radius 3 is 2.50 bits per heavy atom. The highest BCUT2D eigenvalue weighted by atomic mass is 16.5. The molecule has 1 heterocycles. The molecule has 0 fully saturated rings. The van der Waals surface area contributed by atoms with Gasteiger partial charge in [0.1, 0.15) is 12.4 Å². The molecule has 0 aliphatic carbocycles. The van der Waals surface area contributed by atoms with E-state index in [0.717, 1.165) is 5.75 Å². The summed E-state index contributed by atoms with van der Waals surface area (Å²) in [6.07, 6.45) is 3.32. The van der Waals surface area contributed by atoms with Crippen LogP contribution in [0.25, 0.3) is 0 Å². The van der Waals surface area contributed by atoms with Crippen molar-refractivity contribution < 1.29 is 4.74 Å². The summed E-state index contributed by atoms with van der Waals surface area (Å²) in [6.45, 7) is 0.336. The molecule has 3 heteroatoms. The van der Waals surface area contributed by atoms with Crippen molar-refractivity contribution in [3.63, 3.8) is 0 Å². The van der Waals surface area contributed by atoms with Crippen LogP contribution in [0.3, 0.4) is 0 Å². The van der Waals surface area contributed by atoms with Crippen LogP contribution in [-0.4, -0.2) is 16.6 Å². The first-order chi connectivity index (χ1) is 7.95. The van der Waals surface area contributed by atoms with Gasteiger partial charge in [0.15, 0.2) is 0 Å². The summed E-state index contributed by atoms with van der Waals surface area (Å²) in [7, 11) is 0. The van der Waals surface area contributed by atoms with Gasteiger partial charge in [0.25, 0.3) is 0 Å². The topological polar surface area (TPSA) is 35.0 Å². The van der Waals surface area contributed by atoms with Gasteiger partial charge in [0, 0.05) is 12.4 Å². The number of para-hydroxylation sites is 1. The summed E-state index contributed by atoms with van der Waals surface area (Å²) in [5.41, 5.74) is 0. The SMILES string of the molecule is C(#Cc1ncccn1)COc1ccccc1. The molecular weight excluding hydrogens is 200 g/mol. The lowest BCUT2D eigenvalue weighted by Gasteiger charge is -1.99. The van der Waals surface area contributed by atoms with Gasteiger partial charge in [-0.2, -0.15) is 0 Å². The predicted molar refractivity (Wildman–Crippen MR) is 60.8 cm³/mol. The highest BCUT2D eigenvalue weighted by molar-refractivity contribution is 5.23. The van der Waals surface area contributed by atoms with Gasteiger partial charge in [-0.05, 0) is 24.1 Å². The molecule has 0 saturated heterocycles. The van der Waals surface area contributed by atoms with Crippen molar-refractivity contribution in [3.05, 3.63) is 54.6 Å². The average Bonchev–Trinajstić information content (AvgIpc) is 2.37. The van der Waals surface area contributed by atoms with Gasteiger partial charge in [-0.15, -0.1) is 0 Å². The monoisotopic (exact) mass is 210 g/mol. The highest BCUT2D eigenvalue weighted by Crippen LogP contribution is 2.07. The van der Waals surface area contributed by atoms with E-state index in [-0.39, 0.29) is 0 Å². The maximum atomic E-state index is 5.40.